The van der Waals surface area contributed by atoms with Crippen LogP contribution in [0.4, 0.5) is 5.69 Å². The summed E-state index contributed by atoms with van der Waals surface area (Å²) in [7, 11) is 0. The van der Waals surface area contributed by atoms with Crippen molar-refractivity contribution in [3.8, 4) is 17.6 Å². The van der Waals surface area contributed by atoms with Crippen LogP contribution in [0.1, 0.15) is 33.3 Å². The molecule has 0 fully saturated rings. The van der Waals surface area contributed by atoms with E-state index < -0.39 is 39.9 Å². The molecule has 0 heterocycles. The number of phenols is 1. The van der Waals surface area contributed by atoms with Crippen LogP contribution in [-0.2, 0) is 9.59 Å². The molecule has 0 aromatic heterocycles. The van der Waals surface area contributed by atoms with Crippen molar-refractivity contribution in [3.63, 3.8) is 0 Å². The van der Waals surface area contributed by atoms with E-state index in [2.05, 4.69) is 0 Å². The van der Waals surface area contributed by atoms with Crippen LogP contribution in [0, 0.1) is 27.4 Å². The highest BCUT2D eigenvalue weighted by Crippen LogP contribution is 2.38. The average molecular weight is 375 g/mol. The number of nitriles is 1. The number of hydrogen-bond acceptors (Lipinski definition) is 7. The van der Waals surface area contributed by atoms with Gasteiger partial charge in [0.05, 0.1) is 10.8 Å². The van der Waals surface area contributed by atoms with Crippen molar-refractivity contribution < 1.29 is 24.4 Å². The summed E-state index contributed by atoms with van der Waals surface area (Å²) >= 11 is 0. The number of amides is 1. The summed E-state index contributed by atoms with van der Waals surface area (Å²) in [5.74, 6) is -3.05. The fourth-order valence-electron chi connectivity index (χ4n) is 2.15. The summed E-state index contributed by atoms with van der Waals surface area (Å²) in [5.41, 5.74) is -0.831. The number of ether oxygens (including phenoxy) is 1. The maximum atomic E-state index is 12.3. The van der Waals surface area contributed by atoms with Gasteiger partial charge in [-0.1, -0.05) is 13.8 Å². The van der Waals surface area contributed by atoms with E-state index in [0.29, 0.717) is 13.1 Å². The standard InChI is InChI=1S/C18H21N3O6/c1-5-20(6-2)17(23)13(10-19)7-12-8-14(21(25)26)16(15(22)9-12)27-18(24)11(3)4/h7-9,11,22H,5-6H2,1-4H3/b13-7+. The van der Waals surface area contributed by atoms with Crippen molar-refractivity contribution in [2.24, 2.45) is 5.92 Å². The van der Waals surface area contributed by atoms with Crippen molar-refractivity contribution in [1.29, 1.82) is 5.26 Å². The monoisotopic (exact) mass is 375 g/mol. The predicted octanol–water partition coefficient (Wildman–Crippen LogP) is 2.64. The second-order valence-electron chi connectivity index (χ2n) is 5.87. The van der Waals surface area contributed by atoms with E-state index in [1.165, 1.54) is 4.90 Å². The zero-order chi connectivity index (χ0) is 20.7. The van der Waals surface area contributed by atoms with Gasteiger partial charge in [-0.3, -0.25) is 19.7 Å². The SMILES string of the molecule is CCN(CC)C(=O)/C(C#N)=C/c1cc(O)c(OC(=O)C(C)C)c([N+](=O)[O-])c1. The Morgan fingerprint density at radius 3 is 2.41 bits per heavy atom. The first kappa shape index (κ1) is 21.6. The zero-order valence-electron chi connectivity index (χ0n) is 15.6. The first-order valence-corrected chi connectivity index (χ1v) is 8.30. The van der Waals surface area contributed by atoms with E-state index in [1.807, 2.05) is 0 Å². The molecule has 144 valence electrons. The summed E-state index contributed by atoms with van der Waals surface area (Å²) in [5, 5.41) is 30.6. The molecule has 0 aliphatic carbocycles. The number of nitrogens with zero attached hydrogens (tertiary/aromatic N) is 3. The van der Waals surface area contributed by atoms with Crippen LogP contribution in [0.2, 0.25) is 0 Å². The topological polar surface area (TPSA) is 134 Å². The highest BCUT2D eigenvalue weighted by molar-refractivity contribution is 6.01. The van der Waals surface area contributed by atoms with E-state index in [4.69, 9.17) is 4.74 Å². The van der Waals surface area contributed by atoms with Crippen molar-refractivity contribution in [2.45, 2.75) is 27.7 Å². The fourth-order valence-corrected chi connectivity index (χ4v) is 2.15. The summed E-state index contributed by atoms with van der Waals surface area (Å²) in [6, 6.07) is 3.87. The lowest BCUT2D eigenvalue weighted by Gasteiger charge is -2.17. The molecule has 1 aromatic carbocycles. The minimum absolute atomic E-state index is 0.0561. The Kier molecular flexibility index (Phi) is 7.48. The molecule has 0 saturated heterocycles. The van der Waals surface area contributed by atoms with Crippen LogP contribution in [0.3, 0.4) is 0 Å². The number of nitro benzene ring substituents is 1. The maximum Gasteiger partial charge on any atom is 0.316 e. The minimum Gasteiger partial charge on any atom is -0.504 e. The van der Waals surface area contributed by atoms with Gasteiger partial charge in [-0.25, -0.2) is 0 Å². The molecule has 0 unspecified atom stereocenters. The van der Waals surface area contributed by atoms with Crippen LogP contribution in [0.25, 0.3) is 6.08 Å². The normalized spacial score (nSPS) is 11.0. The van der Waals surface area contributed by atoms with Gasteiger partial charge in [0.15, 0.2) is 5.75 Å². The molecule has 27 heavy (non-hydrogen) atoms. The minimum atomic E-state index is -0.821. The van der Waals surface area contributed by atoms with Gasteiger partial charge in [0.1, 0.15) is 11.6 Å². The zero-order valence-corrected chi connectivity index (χ0v) is 15.6. The number of likely N-dealkylation sites (N-methyl/N-ethyl adjacent to an activating group) is 1. The van der Waals surface area contributed by atoms with Gasteiger partial charge in [0.25, 0.3) is 5.91 Å². The number of esters is 1. The van der Waals surface area contributed by atoms with Gasteiger partial charge in [0, 0.05) is 19.2 Å². The Morgan fingerprint density at radius 1 is 1.37 bits per heavy atom. The number of phenolic OH excluding ortho intramolecular Hbond substituents is 1. The highest BCUT2D eigenvalue weighted by atomic mass is 16.6. The number of aromatic hydroxyl groups is 1. The van der Waals surface area contributed by atoms with Crippen LogP contribution in [0.5, 0.6) is 11.5 Å². The van der Waals surface area contributed by atoms with Gasteiger partial charge in [0.2, 0.25) is 5.75 Å². The molecule has 9 heteroatoms. The molecular formula is C18H21N3O6. The van der Waals surface area contributed by atoms with Crippen molar-refractivity contribution in [2.75, 3.05) is 13.1 Å². The molecule has 0 atom stereocenters. The Hall–Kier alpha value is -3.41. The van der Waals surface area contributed by atoms with Gasteiger partial charge in [-0.15, -0.1) is 0 Å². The molecule has 0 bridgehead atoms. The highest BCUT2D eigenvalue weighted by Gasteiger charge is 2.25. The molecule has 0 saturated carbocycles. The molecule has 0 radical (unpaired) electrons. The lowest BCUT2D eigenvalue weighted by atomic mass is 10.1. The third-order valence-corrected chi connectivity index (χ3v) is 3.66. The molecule has 0 aliphatic heterocycles. The molecular weight excluding hydrogens is 354 g/mol. The second-order valence-corrected chi connectivity index (χ2v) is 5.87. The van der Waals surface area contributed by atoms with Crippen molar-refractivity contribution in [1.82, 2.24) is 4.90 Å². The van der Waals surface area contributed by atoms with Gasteiger partial charge in [-0.05, 0) is 31.6 Å². The van der Waals surface area contributed by atoms with Crippen LogP contribution in [-0.4, -0.2) is 39.9 Å². The average Bonchev–Trinajstić information content (AvgIpc) is 2.61. The summed E-state index contributed by atoms with van der Waals surface area (Å²) in [6.07, 6.45) is 1.14. The van der Waals surface area contributed by atoms with Crippen molar-refractivity contribution in [3.05, 3.63) is 33.4 Å². The maximum absolute atomic E-state index is 12.3. The number of rotatable bonds is 7. The fraction of sp³-hybridized carbons (Fsp3) is 0.389. The third kappa shape index (κ3) is 5.28. The third-order valence-electron chi connectivity index (χ3n) is 3.66. The molecule has 9 nitrogen and oxygen atoms in total. The van der Waals surface area contributed by atoms with Crippen LogP contribution in [0.15, 0.2) is 17.7 Å². The first-order chi connectivity index (χ1) is 12.7. The molecule has 1 rings (SSSR count). The molecule has 0 aliphatic rings. The Bertz CT molecular complexity index is 819. The Morgan fingerprint density at radius 2 is 1.96 bits per heavy atom. The summed E-state index contributed by atoms with van der Waals surface area (Å²) in [4.78, 5) is 35.9. The Labute approximate surface area is 156 Å². The number of nitro groups is 1. The molecule has 1 amide bonds. The summed E-state index contributed by atoms with van der Waals surface area (Å²) < 4.78 is 4.91. The lowest BCUT2D eigenvalue weighted by molar-refractivity contribution is -0.385. The van der Waals surface area contributed by atoms with E-state index in [-0.39, 0.29) is 11.1 Å². The second kappa shape index (κ2) is 9.33. The van der Waals surface area contributed by atoms with E-state index in [9.17, 15) is 30.1 Å². The van der Waals surface area contributed by atoms with Gasteiger partial charge in [-0.2, -0.15) is 5.26 Å². The van der Waals surface area contributed by atoms with E-state index in [0.717, 1.165) is 18.2 Å². The molecule has 0 spiro atoms. The van der Waals surface area contributed by atoms with E-state index >= 15 is 0 Å². The molecule has 1 aromatic rings. The van der Waals surface area contributed by atoms with Gasteiger partial charge >= 0.3 is 11.7 Å². The van der Waals surface area contributed by atoms with Gasteiger partial charge < -0.3 is 14.7 Å². The quantitative estimate of drug-likeness (QED) is 0.193. The van der Waals surface area contributed by atoms with Crippen LogP contribution < -0.4 is 4.74 Å². The summed E-state index contributed by atoms with van der Waals surface area (Å²) in [6.45, 7) is 7.38. The molecule has 1 N–H and O–H groups in total. The largest absolute Gasteiger partial charge is 0.504 e. The van der Waals surface area contributed by atoms with Crippen LogP contribution >= 0.6 is 0 Å². The number of hydrogen-bond donors (Lipinski definition) is 1. The Balaban J connectivity index is 3.42. The van der Waals surface area contributed by atoms with E-state index in [1.54, 1.807) is 33.8 Å². The number of carbonyl (C=O) groups excluding carboxylic acids is 2. The first-order valence-electron chi connectivity index (χ1n) is 8.30. The lowest BCUT2D eigenvalue weighted by Crippen LogP contribution is -2.31. The number of benzene rings is 1. The number of carbonyl (C=O) groups is 2. The van der Waals surface area contributed by atoms with Crippen molar-refractivity contribution >= 4 is 23.6 Å². The predicted molar refractivity (Wildman–Crippen MR) is 96.8 cm³/mol. The smallest absolute Gasteiger partial charge is 0.316 e.